The molecule has 0 radical (unpaired) electrons. The average molecular weight is 227 g/mol. The lowest BCUT2D eigenvalue weighted by Gasteiger charge is -2.23. The van der Waals surface area contributed by atoms with E-state index in [1.54, 1.807) is 0 Å². The highest BCUT2D eigenvalue weighted by atomic mass is 16.2. The summed E-state index contributed by atoms with van der Waals surface area (Å²) >= 11 is 0. The van der Waals surface area contributed by atoms with Crippen LogP contribution in [0.25, 0.3) is 0 Å². The van der Waals surface area contributed by atoms with Gasteiger partial charge in [-0.1, -0.05) is 42.5 Å². The van der Waals surface area contributed by atoms with Gasteiger partial charge in [0.15, 0.2) is 0 Å². The van der Waals surface area contributed by atoms with Crippen LogP contribution in [0.4, 0.5) is 0 Å². The van der Waals surface area contributed by atoms with Gasteiger partial charge in [-0.25, -0.2) is 0 Å². The topological polar surface area (TPSA) is 46.2 Å². The Labute approximate surface area is 99.5 Å². The molecule has 0 aromatic heterocycles. The Hall–Kier alpha value is -1.90. The van der Waals surface area contributed by atoms with Crippen molar-refractivity contribution in [3.8, 4) is 0 Å². The van der Waals surface area contributed by atoms with E-state index in [2.05, 4.69) is 23.5 Å². The van der Waals surface area contributed by atoms with Gasteiger partial charge in [-0.05, 0) is 12.0 Å². The van der Waals surface area contributed by atoms with Crippen LogP contribution >= 0.6 is 0 Å². The Kier molecular flexibility index (Phi) is 2.32. The van der Waals surface area contributed by atoms with E-state index in [4.69, 9.17) is 0 Å². The SMILES string of the molecule is O=C1NC(=O)[C@@H]2C=CC(c3ccccc3)C[C@H]12. The first-order chi connectivity index (χ1) is 8.25. The summed E-state index contributed by atoms with van der Waals surface area (Å²) in [7, 11) is 0. The molecule has 3 heteroatoms. The second-order valence-corrected chi connectivity index (χ2v) is 4.62. The summed E-state index contributed by atoms with van der Waals surface area (Å²) in [6, 6.07) is 10.1. The molecule has 3 nitrogen and oxygen atoms in total. The van der Waals surface area contributed by atoms with Gasteiger partial charge in [-0.3, -0.25) is 14.9 Å². The number of carbonyl (C=O) groups excluding carboxylic acids is 2. The zero-order valence-electron chi connectivity index (χ0n) is 9.30. The largest absolute Gasteiger partial charge is 0.296 e. The predicted octanol–water partition coefficient (Wildman–Crippen LogP) is 1.62. The minimum atomic E-state index is -0.248. The molecular weight excluding hydrogens is 214 g/mol. The molecule has 0 saturated carbocycles. The van der Waals surface area contributed by atoms with Gasteiger partial charge in [0.2, 0.25) is 11.8 Å². The number of hydrogen-bond donors (Lipinski definition) is 1. The standard InChI is InChI=1S/C14H13NO2/c16-13-11-7-6-10(8-12(11)14(17)15-13)9-4-2-1-3-5-9/h1-7,10-12H,8H2,(H,15,16,17)/t10?,11-,12+/m1/s1. The molecule has 17 heavy (non-hydrogen) atoms. The smallest absolute Gasteiger partial charge is 0.234 e. The molecule has 3 rings (SSSR count). The van der Waals surface area contributed by atoms with Crippen molar-refractivity contribution in [2.45, 2.75) is 12.3 Å². The average Bonchev–Trinajstić information content (AvgIpc) is 2.66. The first kappa shape index (κ1) is 10.3. The van der Waals surface area contributed by atoms with Crippen LogP contribution in [0.3, 0.4) is 0 Å². The van der Waals surface area contributed by atoms with Crippen LogP contribution in [0, 0.1) is 11.8 Å². The summed E-state index contributed by atoms with van der Waals surface area (Å²) in [6.07, 6.45) is 4.66. The van der Waals surface area contributed by atoms with Crippen molar-refractivity contribution in [2.24, 2.45) is 11.8 Å². The zero-order valence-corrected chi connectivity index (χ0v) is 9.30. The quantitative estimate of drug-likeness (QED) is 0.585. The Balaban J connectivity index is 1.89. The van der Waals surface area contributed by atoms with Crippen LogP contribution < -0.4 is 5.32 Å². The number of rotatable bonds is 1. The third kappa shape index (κ3) is 1.68. The lowest BCUT2D eigenvalue weighted by atomic mass is 9.78. The van der Waals surface area contributed by atoms with E-state index in [1.165, 1.54) is 5.56 Å². The molecule has 3 atom stereocenters. The molecule has 86 valence electrons. The normalized spacial score (nSPS) is 31.2. The number of imide groups is 1. The lowest BCUT2D eigenvalue weighted by molar-refractivity contribution is -0.126. The van der Waals surface area contributed by atoms with Crippen molar-refractivity contribution in [2.75, 3.05) is 0 Å². The molecule has 0 bridgehead atoms. The van der Waals surface area contributed by atoms with Crippen LogP contribution in [0.5, 0.6) is 0 Å². The van der Waals surface area contributed by atoms with E-state index in [-0.39, 0.29) is 29.6 Å². The van der Waals surface area contributed by atoms with Crippen LogP contribution in [0.1, 0.15) is 17.9 Å². The highest BCUT2D eigenvalue weighted by molar-refractivity contribution is 6.06. The van der Waals surface area contributed by atoms with Gasteiger partial charge in [0.25, 0.3) is 0 Å². The first-order valence-corrected chi connectivity index (χ1v) is 5.83. The van der Waals surface area contributed by atoms with Crippen molar-refractivity contribution in [3.63, 3.8) is 0 Å². The summed E-state index contributed by atoms with van der Waals surface area (Å²) in [6.45, 7) is 0. The predicted molar refractivity (Wildman–Crippen MR) is 63.1 cm³/mol. The van der Waals surface area contributed by atoms with E-state index in [1.807, 2.05) is 24.3 Å². The Morgan fingerprint density at radius 1 is 1.00 bits per heavy atom. The summed E-state index contributed by atoms with van der Waals surface area (Å²) in [5, 5.41) is 2.40. The maximum absolute atomic E-state index is 11.6. The molecule has 1 heterocycles. The van der Waals surface area contributed by atoms with E-state index in [0.717, 1.165) is 6.42 Å². The fourth-order valence-corrected chi connectivity index (χ4v) is 2.67. The molecule has 1 fully saturated rings. The minimum Gasteiger partial charge on any atom is -0.296 e. The number of benzene rings is 1. The molecule has 1 aromatic rings. The van der Waals surface area contributed by atoms with E-state index in [0.29, 0.717) is 0 Å². The highest BCUT2D eigenvalue weighted by Gasteiger charge is 2.42. The van der Waals surface area contributed by atoms with E-state index >= 15 is 0 Å². The summed E-state index contributed by atoms with van der Waals surface area (Å²) in [5.74, 6) is -0.456. The molecule has 1 unspecified atom stereocenters. The molecule has 2 amide bonds. The number of hydrogen-bond acceptors (Lipinski definition) is 2. The van der Waals surface area contributed by atoms with Gasteiger partial charge in [0, 0.05) is 5.92 Å². The number of amides is 2. The third-order valence-electron chi connectivity index (χ3n) is 3.61. The minimum absolute atomic E-state index is 0.120. The third-order valence-corrected chi connectivity index (χ3v) is 3.61. The highest BCUT2D eigenvalue weighted by Crippen LogP contribution is 2.37. The van der Waals surface area contributed by atoms with Crippen LogP contribution in [-0.4, -0.2) is 11.8 Å². The zero-order chi connectivity index (χ0) is 11.8. The van der Waals surface area contributed by atoms with Gasteiger partial charge in [0.1, 0.15) is 0 Å². The molecule has 0 spiro atoms. The fraction of sp³-hybridized carbons (Fsp3) is 0.286. The van der Waals surface area contributed by atoms with Gasteiger partial charge in [0.05, 0.1) is 11.8 Å². The van der Waals surface area contributed by atoms with Gasteiger partial charge in [-0.2, -0.15) is 0 Å². The monoisotopic (exact) mass is 227 g/mol. The van der Waals surface area contributed by atoms with E-state index < -0.39 is 0 Å². The van der Waals surface area contributed by atoms with Crippen molar-refractivity contribution < 1.29 is 9.59 Å². The van der Waals surface area contributed by atoms with Gasteiger partial charge < -0.3 is 0 Å². The Morgan fingerprint density at radius 2 is 1.76 bits per heavy atom. The molecule has 2 aliphatic rings. The molecule has 1 N–H and O–H groups in total. The molecule has 1 aliphatic carbocycles. The van der Waals surface area contributed by atoms with Crippen molar-refractivity contribution in [1.82, 2.24) is 5.32 Å². The molecule has 1 aromatic carbocycles. The van der Waals surface area contributed by atoms with Crippen molar-refractivity contribution in [1.29, 1.82) is 0 Å². The van der Waals surface area contributed by atoms with E-state index in [9.17, 15) is 9.59 Å². The van der Waals surface area contributed by atoms with Crippen molar-refractivity contribution >= 4 is 11.8 Å². The fourth-order valence-electron chi connectivity index (χ4n) is 2.67. The van der Waals surface area contributed by atoms with Gasteiger partial charge >= 0.3 is 0 Å². The van der Waals surface area contributed by atoms with Crippen LogP contribution in [0.2, 0.25) is 0 Å². The number of nitrogens with one attached hydrogen (secondary N) is 1. The molecular formula is C14H13NO2. The second kappa shape index (κ2) is 3.84. The van der Waals surface area contributed by atoms with Gasteiger partial charge in [-0.15, -0.1) is 0 Å². The van der Waals surface area contributed by atoms with Crippen LogP contribution in [0.15, 0.2) is 42.5 Å². The maximum atomic E-state index is 11.6. The first-order valence-electron chi connectivity index (χ1n) is 5.83. The molecule has 1 aliphatic heterocycles. The Bertz CT molecular complexity index is 492. The molecule has 1 saturated heterocycles. The number of fused-ring (bicyclic) bond motifs is 1. The lowest BCUT2D eigenvalue weighted by Crippen LogP contribution is -2.23. The number of allylic oxidation sites excluding steroid dienone is 1. The summed E-state index contributed by atoms with van der Waals surface area (Å²) < 4.78 is 0. The summed E-state index contributed by atoms with van der Waals surface area (Å²) in [5.41, 5.74) is 1.20. The van der Waals surface area contributed by atoms with Crippen LogP contribution in [-0.2, 0) is 9.59 Å². The van der Waals surface area contributed by atoms with Crippen molar-refractivity contribution in [3.05, 3.63) is 48.0 Å². The maximum Gasteiger partial charge on any atom is 0.234 e. The number of carbonyl (C=O) groups is 2. The second-order valence-electron chi connectivity index (χ2n) is 4.62. The Morgan fingerprint density at radius 3 is 2.53 bits per heavy atom. The summed E-state index contributed by atoms with van der Waals surface area (Å²) in [4.78, 5) is 23.1.